The monoisotopic (exact) mass is 166 g/mol. The molecule has 0 atom stereocenters. The summed E-state index contributed by atoms with van der Waals surface area (Å²) in [5.41, 5.74) is 3.42. The number of allylic oxidation sites excluding steroid dienone is 4. The largest absolute Gasteiger partial charge is 0.0816 e. The smallest absolute Gasteiger partial charge is 0.0516 e. The Morgan fingerprint density at radius 2 is 2.09 bits per heavy atom. The van der Waals surface area contributed by atoms with Crippen molar-refractivity contribution in [3.63, 3.8) is 0 Å². The van der Waals surface area contributed by atoms with Gasteiger partial charge < -0.3 is 0 Å². The van der Waals surface area contributed by atoms with Gasteiger partial charge in [-0.25, -0.2) is 0 Å². The lowest BCUT2D eigenvalue weighted by Crippen LogP contribution is -1.93. The minimum absolute atomic E-state index is 0.0941. The first-order chi connectivity index (χ1) is 5.33. The molecule has 0 saturated carbocycles. The highest BCUT2D eigenvalue weighted by Crippen LogP contribution is 2.29. The molecule has 0 spiro atoms. The highest BCUT2D eigenvalue weighted by Gasteiger charge is 2.12. The first kappa shape index (κ1) is 8.79. The molecule has 0 amide bonds. The van der Waals surface area contributed by atoms with E-state index in [2.05, 4.69) is 26.5 Å². The summed E-state index contributed by atoms with van der Waals surface area (Å²) in [5.74, 6) is 0. The van der Waals surface area contributed by atoms with Crippen molar-refractivity contribution in [1.29, 1.82) is 0 Å². The summed E-state index contributed by atoms with van der Waals surface area (Å²) < 4.78 is 0. The lowest BCUT2D eigenvalue weighted by molar-refractivity contribution is 0.996. The van der Waals surface area contributed by atoms with Gasteiger partial charge >= 0.3 is 0 Å². The summed E-state index contributed by atoms with van der Waals surface area (Å²) >= 11 is 0. The molecule has 0 fully saturated rings. The first-order valence-corrected chi connectivity index (χ1v) is 6.85. The van der Waals surface area contributed by atoms with E-state index in [4.69, 9.17) is 0 Å². The molecule has 1 aliphatic rings. The van der Waals surface area contributed by atoms with Crippen LogP contribution in [0.25, 0.3) is 0 Å². The summed E-state index contributed by atoms with van der Waals surface area (Å²) in [5, 5.41) is 1.74. The SMILES string of the molecule is CCC1=C(CC)C([SiH2]C)=CC1. The molecule has 0 unspecified atom stereocenters. The van der Waals surface area contributed by atoms with Crippen LogP contribution < -0.4 is 0 Å². The van der Waals surface area contributed by atoms with E-state index in [0.29, 0.717) is 0 Å². The molecule has 0 aromatic carbocycles. The third-order valence-corrected chi connectivity index (χ3v) is 4.05. The van der Waals surface area contributed by atoms with Crippen LogP contribution in [-0.4, -0.2) is 9.52 Å². The molecule has 0 nitrogen and oxygen atoms in total. The predicted molar refractivity (Wildman–Crippen MR) is 54.7 cm³/mol. The van der Waals surface area contributed by atoms with E-state index >= 15 is 0 Å². The zero-order chi connectivity index (χ0) is 8.27. The molecule has 0 aromatic heterocycles. The maximum Gasteiger partial charge on any atom is 0.0516 e. The van der Waals surface area contributed by atoms with Crippen molar-refractivity contribution in [2.24, 2.45) is 0 Å². The van der Waals surface area contributed by atoms with Crippen molar-refractivity contribution < 1.29 is 0 Å². The van der Waals surface area contributed by atoms with Gasteiger partial charge in [-0.2, -0.15) is 0 Å². The third kappa shape index (κ3) is 1.64. The van der Waals surface area contributed by atoms with Crippen molar-refractivity contribution in [3.8, 4) is 0 Å². The molecule has 0 saturated heterocycles. The Balaban J connectivity index is 2.80. The van der Waals surface area contributed by atoms with E-state index < -0.39 is 0 Å². The minimum Gasteiger partial charge on any atom is -0.0816 e. The van der Waals surface area contributed by atoms with E-state index in [9.17, 15) is 0 Å². The zero-order valence-corrected chi connectivity index (χ0v) is 9.32. The van der Waals surface area contributed by atoms with Crippen LogP contribution in [0.4, 0.5) is 0 Å². The maximum absolute atomic E-state index is 2.46. The molecule has 0 N–H and O–H groups in total. The van der Waals surface area contributed by atoms with Crippen molar-refractivity contribution in [3.05, 3.63) is 22.4 Å². The van der Waals surface area contributed by atoms with E-state index in [1.807, 2.05) is 0 Å². The standard InChI is InChI=1S/C10H18Si/c1-4-8-6-7-10(11-3)9(8)5-2/h7H,4-6,11H2,1-3H3. The summed E-state index contributed by atoms with van der Waals surface area (Å²) in [7, 11) is 0.0941. The number of hydrogen-bond donors (Lipinski definition) is 0. The maximum atomic E-state index is 2.46. The summed E-state index contributed by atoms with van der Waals surface area (Å²) in [4.78, 5) is 0. The zero-order valence-electron chi connectivity index (χ0n) is 7.91. The fourth-order valence-electron chi connectivity index (χ4n) is 1.91. The van der Waals surface area contributed by atoms with E-state index in [-0.39, 0.29) is 9.52 Å². The van der Waals surface area contributed by atoms with Gasteiger partial charge in [-0.1, -0.05) is 42.8 Å². The average molecular weight is 166 g/mol. The second kappa shape index (κ2) is 3.91. The molecule has 62 valence electrons. The molecule has 0 radical (unpaired) electrons. The van der Waals surface area contributed by atoms with E-state index in [1.54, 1.807) is 16.3 Å². The summed E-state index contributed by atoms with van der Waals surface area (Å²) in [6.07, 6.45) is 6.24. The van der Waals surface area contributed by atoms with Gasteiger partial charge in [-0.05, 0) is 19.3 Å². The van der Waals surface area contributed by atoms with Crippen LogP contribution in [0.5, 0.6) is 0 Å². The Morgan fingerprint density at radius 1 is 1.36 bits per heavy atom. The highest BCUT2D eigenvalue weighted by atomic mass is 28.2. The van der Waals surface area contributed by atoms with Gasteiger partial charge in [-0.3, -0.25) is 0 Å². The molecular weight excluding hydrogens is 148 g/mol. The van der Waals surface area contributed by atoms with Gasteiger partial charge in [0.05, 0.1) is 9.52 Å². The average Bonchev–Trinajstić information content (AvgIpc) is 2.45. The third-order valence-electron chi connectivity index (χ3n) is 2.57. The Kier molecular flexibility index (Phi) is 3.12. The predicted octanol–water partition coefficient (Wildman–Crippen LogP) is 2.61. The number of hydrogen-bond acceptors (Lipinski definition) is 0. The fourth-order valence-corrected chi connectivity index (χ4v) is 3.27. The Bertz CT molecular complexity index is 199. The van der Waals surface area contributed by atoms with Gasteiger partial charge in [-0.15, -0.1) is 0 Å². The first-order valence-electron chi connectivity index (χ1n) is 4.73. The van der Waals surface area contributed by atoms with E-state index in [0.717, 1.165) is 0 Å². The van der Waals surface area contributed by atoms with Crippen LogP contribution in [0.3, 0.4) is 0 Å². The normalized spacial score (nSPS) is 18.6. The van der Waals surface area contributed by atoms with Gasteiger partial charge in [0, 0.05) is 0 Å². The Morgan fingerprint density at radius 3 is 2.55 bits per heavy atom. The van der Waals surface area contributed by atoms with Crippen LogP contribution in [0.2, 0.25) is 6.55 Å². The molecule has 1 aliphatic carbocycles. The van der Waals surface area contributed by atoms with Crippen molar-refractivity contribution in [2.45, 2.75) is 39.7 Å². The van der Waals surface area contributed by atoms with Crippen LogP contribution in [0.15, 0.2) is 22.4 Å². The highest BCUT2D eigenvalue weighted by molar-refractivity contribution is 6.45. The van der Waals surface area contributed by atoms with Gasteiger partial charge in [0.25, 0.3) is 0 Å². The molecular formula is C10H18Si. The second-order valence-electron chi connectivity index (χ2n) is 3.08. The Labute approximate surface area is 72.2 Å². The lowest BCUT2D eigenvalue weighted by Gasteiger charge is -2.05. The van der Waals surface area contributed by atoms with Crippen molar-refractivity contribution >= 4 is 9.52 Å². The van der Waals surface area contributed by atoms with E-state index in [1.165, 1.54) is 19.3 Å². The molecule has 0 bridgehead atoms. The summed E-state index contributed by atoms with van der Waals surface area (Å²) in [6.45, 7) is 6.95. The van der Waals surface area contributed by atoms with Crippen LogP contribution in [-0.2, 0) is 0 Å². The quantitative estimate of drug-likeness (QED) is 0.565. The fraction of sp³-hybridized carbons (Fsp3) is 0.600. The van der Waals surface area contributed by atoms with Crippen LogP contribution in [0, 0.1) is 0 Å². The Hall–Kier alpha value is -0.303. The molecule has 0 heterocycles. The summed E-state index contributed by atoms with van der Waals surface area (Å²) in [6, 6.07) is 0. The van der Waals surface area contributed by atoms with Gasteiger partial charge in [0.1, 0.15) is 0 Å². The van der Waals surface area contributed by atoms with Crippen LogP contribution in [0.1, 0.15) is 33.1 Å². The second-order valence-corrected chi connectivity index (χ2v) is 4.55. The topological polar surface area (TPSA) is 0 Å². The molecule has 1 rings (SSSR count). The minimum atomic E-state index is 0.0941. The molecule has 0 aromatic rings. The van der Waals surface area contributed by atoms with Gasteiger partial charge in [0.2, 0.25) is 0 Å². The number of rotatable bonds is 3. The van der Waals surface area contributed by atoms with Gasteiger partial charge in [0.15, 0.2) is 0 Å². The van der Waals surface area contributed by atoms with Crippen LogP contribution >= 0.6 is 0 Å². The molecule has 1 heteroatoms. The van der Waals surface area contributed by atoms with Crippen molar-refractivity contribution in [2.75, 3.05) is 0 Å². The molecule has 11 heavy (non-hydrogen) atoms. The van der Waals surface area contributed by atoms with Crippen molar-refractivity contribution in [1.82, 2.24) is 0 Å². The lowest BCUT2D eigenvalue weighted by atomic mass is 10.1. The molecule has 0 aliphatic heterocycles.